The molecule has 3 rings (SSSR count). The third kappa shape index (κ3) is 2.35. The normalized spacial score (nSPS) is 19.6. The smallest absolute Gasteiger partial charge is 0.262 e. The Hall–Kier alpha value is -1.47. The molecule has 1 aliphatic heterocycles. The summed E-state index contributed by atoms with van der Waals surface area (Å²) in [6, 6.07) is 0. The lowest BCUT2D eigenvalue weighted by molar-refractivity contribution is 0.0773. The summed E-state index contributed by atoms with van der Waals surface area (Å²) >= 11 is 1.40. The molecule has 0 aliphatic carbocycles. The van der Waals surface area contributed by atoms with Crippen molar-refractivity contribution in [3.63, 3.8) is 0 Å². The molecule has 6 nitrogen and oxygen atoms in total. The van der Waals surface area contributed by atoms with Crippen LogP contribution in [0.1, 0.15) is 30.3 Å². The zero-order valence-corrected chi connectivity index (χ0v) is 11.8. The summed E-state index contributed by atoms with van der Waals surface area (Å²) in [5, 5.41) is 8.15. The Morgan fingerprint density at radius 3 is 3.05 bits per heavy atom. The van der Waals surface area contributed by atoms with Crippen molar-refractivity contribution in [2.75, 3.05) is 25.6 Å². The number of nitrogens with zero attached hydrogens (tertiary/aromatic N) is 3. The van der Waals surface area contributed by atoms with Crippen LogP contribution in [0.3, 0.4) is 0 Å². The number of aryl methyl sites for hydroxylation is 1. The van der Waals surface area contributed by atoms with Crippen LogP contribution >= 0.6 is 11.5 Å². The highest BCUT2D eigenvalue weighted by Gasteiger charge is 2.24. The number of hydrogen-bond donors (Lipinski definition) is 1. The molecular weight excluding hydrogens is 264 g/mol. The van der Waals surface area contributed by atoms with Crippen molar-refractivity contribution in [3.8, 4) is 11.5 Å². The summed E-state index contributed by atoms with van der Waals surface area (Å²) in [7, 11) is 1.86. The molecule has 3 heterocycles. The Morgan fingerprint density at radius 2 is 2.32 bits per heavy atom. The third-order valence-corrected chi connectivity index (χ3v) is 4.23. The van der Waals surface area contributed by atoms with E-state index in [0.29, 0.717) is 12.5 Å². The molecule has 1 fully saturated rings. The number of rotatable bonds is 3. The SMILES string of the molecule is CNc1snc(C)c1-c1nc(C2CCCOC2)no1. The Bertz CT molecular complexity index is 560. The van der Waals surface area contributed by atoms with Crippen LogP contribution in [0.4, 0.5) is 5.00 Å². The Kier molecular flexibility index (Phi) is 3.48. The van der Waals surface area contributed by atoms with Gasteiger partial charge in [0.25, 0.3) is 5.89 Å². The van der Waals surface area contributed by atoms with Gasteiger partial charge in [-0.1, -0.05) is 5.16 Å². The van der Waals surface area contributed by atoms with Crippen molar-refractivity contribution in [1.29, 1.82) is 0 Å². The molecule has 1 unspecified atom stereocenters. The maximum Gasteiger partial charge on any atom is 0.262 e. The van der Waals surface area contributed by atoms with E-state index in [2.05, 4.69) is 19.8 Å². The van der Waals surface area contributed by atoms with E-state index in [0.717, 1.165) is 41.5 Å². The molecule has 2 aromatic heterocycles. The quantitative estimate of drug-likeness (QED) is 0.931. The molecule has 102 valence electrons. The molecule has 1 aliphatic rings. The van der Waals surface area contributed by atoms with Gasteiger partial charge in [0.2, 0.25) is 0 Å². The lowest BCUT2D eigenvalue weighted by atomic mass is 10.0. The van der Waals surface area contributed by atoms with Crippen LogP contribution in [0, 0.1) is 6.92 Å². The van der Waals surface area contributed by atoms with Crippen molar-refractivity contribution in [2.24, 2.45) is 0 Å². The van der Waals surface area contributed by atoms with Gasteiger partial charge >= 0.3 is 0 Å². The van der Waals surface area contributed by atoms with Crippen LogP contribution < -0.4 is 5.32 Å². The number of hydrogen-bond acceptors (Lipinski definition) is 7. The van der Waals surface area contributed by atoms with E-state index in [1.165, 1.54) is 11.5 Å². The molecule has 0 spiro atoms. The van der Waals surface area contributed by atoms with Gasteiger partial charge in [0, 0.05) is 19.6 Å². The molecule has 7 heteroatoms. The molecule has 0 aromatic carbocycles. The Labute approximate surface area is 115 Å². The van der Waals surface area contributed by atoms with Crippen LogP contribution in [-0.2, 0) is 4.74 Å². The molecule has 2 aromatic rings. The number of ether oxygens (including phenoxy) is 1. The van der Waals surface area contributed by atoms with E-state index in [1.807, 2.05) is 14.0 Å². The van der Waals surface area contributed by atoms with Crippen molar-refractivity contribution >= 4 is 16.5 Å². The van der Waals surface area contributed by atoms with E-state index in [4.69, 9.17) is 9.26 Å². The summed E-state index contributed by atoms with van der Waals surface area (Å²) in [5.41, 5.74) is 1.81. The molecule has 0 amide bonds. The fourth-order valence-electron chi connectivity index (χ4n) is 2.24. The predicted octanol–water partition coefficient (Wildman–Crippen LogP) is 2.44. The Balaban J connectivity index is 1.89. The van der Waals surface area contributed by atoms with E-state index in [-0.39, 0.29) is 5.92 Å². The van der Waals surface area contributed by atoms with Gasteiger partial charge in [0.1, 0.15) is 5.00 Å². The fraction of sp³-hybridized carbons (Fsp3) is 0.583. The van der Waals surface area contributed by atoms with Gasteiger partial charge in [-0.05, 0) is 31.3 Å². The third-order valence-electron chi connectivity index (χ3n) is 3.27. The van der Waals surface area contributed by atoms with E-state index in [1.54, 1.807) is 0 Å². The zero-order chi connectivity index (χ0) is 13.2. The minimum atomic E-state index is 0.246. The first kappa shape index (κ1) is 12.6. The number of anilines is 1. The van der Waals surface area contributed by atoms with Crippen molar-refractivity contribution in [1.82, 2.24) is 14.5 Å². The minimum absolute atomic E-state index is 0.246. The molecule has 0 bridgehead atoms. The molecule has 1 N–H and O–H groups in total. The van der Waals surface area contributed by atoms with Gasteiger partial charge in [-0.2, -0.15) is 9.36 Å². The second kappa shape index (κ2) is 5.26. The number of nitrogens with one attached hydrogen (secondary N) is 1. The second-order valence-corrected chi connectivity index (χ2v) is 5.37. The first-order valence-corrected chi connectivity index (χ1v) is 7.12. The molecule has 0 radical (unpaired) electrons. The largest absolute Gasteiger partial charge is 0.381 e. The maximum atomic E-state index is 5.46. The first-order chi connectivity index (χ1) is 9.29. The highest BCUT2D eigenvalue weighted by Crippen LogP contribution is 2.34. The lowest BCUT2D eigenvalue weighted by Crippen LogP contribution is -2.16. The molecular formula is C12H16N4O2S. The molecule has 19 heavy (non-hydrogen) atoms. The number of aromatic nitrogens is 3. The highest BCUT2D eigenvalue weighted by atomic mass is 32.1. The molecule has 1 atom stereocenters. The summed E-state index contributed by atoms with van der Waals surface area (Å²) < 4.78 is 15.2. The summed E-state index contributed by atoms with van der Waals surface area (Å²) in [6.45, 7) is 3.46. The fourth-order valence-corrected chi connectivity index (χ4v) is 2.98. The van der Waals surface area contributed by atoms with Crippen molar-refractivity contribution < 1.29 is 9.26 Å². The van der Waals surface area contributed by atoms with Gasteiger partial charge in [0.15, 0.2) is 5.82 Å². The average Bonchev–Trinajstić information content (AvgIpc) is 3.05. The predicted molar refractivity (Wildman–Crippen MR) is 72.5 cm³/mol. The standard InChI is InChI=1S/C12H16N4O2S/c1-7-9(12(13-2)19-16-7)11-14-10(15-18-11)8-4-3-5-17-6-8/h8,13H,3-6H2,1-2H3. The second-order valence-electron chi connectivity index (χ2n) is 4.59. The van der Waals surface area contributed by atoms with Crippen LogP contribution in [0.25, 0.3) is 11.5 Å². The molecule has 1 saturated heterocycles. The van der Waals surface area contributed by atoms with Gasteiger partial charge in [-0.15, -0.1) is 0 Å². The van der Waals surface area contributed by atoms with Gasteiger partial charge in [-0.25, -0.2) is 0 Å². The topological polar surface area (TPSA) is 73.1 Å². The Morgan fingerprint density at radius 1 is 1.42 bits per heavy atom. The molecule has 0 saturated carbocycles. The monoisotopic (exact) mass is 280 g/mol. The van der Waals surface area contributed by atoms with Crippen LogP contribution in [0.15, 0.2) is 4.52 Å². The van der Waals surface area contributed by atoms with Crippen LogP contribution in [0.5, 0.6) is 0 Å². The average molecular weight is 280 g/mol. The summed E-state index contributed by atoms with van der Waals surface area (Å²) in [5.74, 6) is 1.52. The first-order valence-electron chi connectivity index (χ1n) is 6.35. The highest BCUT2D eigenvalue weighted by molar-refractivity contribution is 7.10. The van der Waals surface area contributed by atoms with Gasteiger partial charge in [0.05, 0.1) is 17.9 Å². The zero-order valence-electron chi connectivity index (χ0n) is 11.0. The van der Waals surface area contributed by atoms with Crippen molar-refractivity contribution in [2.45, 2.75) is 25.7 Å². The van der Waals surface area contributed by atoms with E-state index in [9.17, 15) is 0 Å². The van der Waals surface area contributed by atoms with Gasteiger partial charge in [-0.3, -0.25) is 0 Å². The van der Waals surface area contributed by atoms with E-state index < -0.39 is 0 Å². The minimum Gasteiger partial charge on any atom is -0.381 e. The van der Waals surface area contributed by atoms with Crippen molar-refractivity contribution in [3.05, 3.63) is 11.5 Å². The van der Waals surface area contributed by atoms with Gasteiger partial charge < -0.3 is 14.6 Å². The maximum absolute atomic E-state index is 5.46. The lowest BCUT2D eigenvalue weighted by Gasteiger charge is -2.18. The van der Waals surface area contributed by atoms with Crippen LogP contribution in [0.2, 0.25) is 0 Å². The van der Waals surface area contributed by atoms with Crippen LogP contribution in [-0.4, -0.2) is 34.8 Å². The summed E-state index contributed by atoms with van der Waals surface area (Å²) in [6.07, 6.45) is 2.11. The summed E-state index contributed by atoms with van der Waals surface area (Å²) in [4.78, 5) is 4.51. The van der Waals surface area contributed by atoms with E-state index >= 15 is 0 Å².